The van der Waals surface area contributed by atoms with Crippen LogP contribution in [0.15, 0.2) is 24.3 Å². The molecule has 0 unspecified atom stereocenters. The number of nitrogens with zero attached hydrogens (tertiary/aromatic N) is 1. The third-order valence-corrected chi connectivity index (χ3v) is 6.79. The number of hydrogen-bond donors (Lipinski definition) is 1. The Morgan fingerprint density at radius 3 is 2.32 bits per heavy atom. The van der Waals surface area contributed by atoms with Crippen molar-refractivity contribution in [2.24, 2.45) is 5.92 Å². The van der Waals surface area contributed by atoms with E-state index in [1.807, 2.05) is 0 Å². The molecule has 1 heterocycles. The zero-order valence-electron chi connectivity index (χ0n) is 13.2. The molecule has 122 valence electrons. The highest BCUT2D eigenvalue weighted by Gasteiger charge is 2.51. The van der Waals surface area contributed by atoms with Gasteiger partial charge in [0.15, 0.2) is 0 Å². The van der Waals surface area contributed by atoms with Gasteiger partial charge in [-0.3, -0.25) is 4.72 Å². The minimum absolute atomic E-state index is 0.134. The summed E-state index contributed by atoms with van der Waals surface area (Å²) in [4.78, 5) is 0. The van der Waals surface area contributed by atoms with Crippen LogP contribution in [0, 0.1) is 5.92 Å². The number of rotatable bonds is 4. The summed E-state index contributed by atoms with van der Waals surface area (Å²) in [5.41, 5.74) is 0.442. The van der Waals surface area contributed by atoms with Gasteiger partial charge in [0.1, 0.15) is 5.75 Å². The van der Waals surface area contributed by atoms with E-state index in [2.05, 4.69) is 11.6 Å². The molecule has 1 aromatic rings. The summed E-state index contributed by atoms with van der Waals surface area (Å²) in [6.07, 6.45) is 5.20. The smallest absolute Gasteiger partial charge is 0.302 e. The molecule has 5 nitrogen and oxygen atoms in total. The van der Waals surface area contributed by atoms with Crippen LogP contribution in [0.1, 0.15) is 39.0 Å². The lowest BCUT2D eigenvalue weighted by molar-refractivity contribution is 0.0217. The number of benzene rings is 1. The summed E-state index contributed by atoms with van der Waals surface area (Å²) < 4.78 is 34.8. The molecule has 0 atom stereocenters. The molecule has 1 saturated carbocycles. The van der Waals surface area contributed by atoms with Crippen LogP contribution < -0.4 is 9.46 Å². The predicted molar refractivity (Wildman–Crippen MR) is 87.2 cm³/mol. The van der Waals surface area contributed by atoms with E-state index >= 15 is 0 Å². The van der Waals surface area contributed by atoms with E-state index in [1.54, 1.807) is 35.7 Å². The normalized spacial score (nSPS) is 29.1. The minimum Gasteiger partial charge on any atom is -0.497 e. The van der Waals surface area contributed by atoms with Crippen LogP contribution in [0.25, 0.3) is 0 Å². The molecule has 2 fully saturated rings. The SMILES string of the molecule is COc1ccc(NS(=O)(=O)N2CCC23CCC(C)CC3)cc1. The first-order valence-electron chi connectivity index (χ1n) is 7.90. The maximum absolute atomic E-state index is 12.7. The van der Waals surface area contributed by atoms with E-state index in [0.717, 1.165) is 32.1 Å². The molecule has 1 N–H and O–H groups in total. The molecule has 1 spiro atoms. The molecule has 0 radical (unpaired) electrons. The Morgan fingerprint density at radius 2 is 1.82 bits per heavy atom. The minimum atomic E-state index is -3.48. The quantitative estimate of drug-likeness (QED) is 0.926. The molecule has 1 saturated heterocycles. The van der Waals surface area contributed by atoms with Gasteiger partial charge >= 0.3 is 10.2 Å². The lowest BCUT2D eigenvalue weighted by atomic mass is 9.71. The molecule has 1 aliphatic heterocycles. The Kier molecular flexibility index (Phi) is 4.07. The van der Waals surface area contributed by atoms with E-state index in [9.17, 15) is 8.42 Å². The molecule has 0 bridgehead atoms. The molecule has 1 aliphatic carbocycles. The molecule has 3 rings (SSSR count). The molecule has 0 amide bonds. The fourth-order valence-electron chi connectivity index (χ4n) is 3.56. The van der Waals surface area contributed by atoms with Crippen LogP contribution in [0.4, 0.5) is 5.69 Å². The number of anilines is 1. The van der Waals surface area contributed by atoms with Gasteiger partial charge in [-0.25, -0.2) is 0 Å². The highest BCUT2D eigenvalue weighted by Crippen LogP contribution is 2.46. The fraction of sp³-hybridized carbons (Fsp3) is 0.625. The van der Waals surface area contributed by atoms with E-state index in [1.165, 1.54) is 0 Å². The van der Waals surface area contributed by atoms with Gasteiger partial charge in [0.2, 0.25) is 0 Å². The molecule has 1 aromatic carbocycles. The van der Waals surface area contributed by atoms with Crippen molar-refractivity contribution in [1.29, 1.82) is 0 Å². The summed E-state index contributed by atoms with van der Waals surface area (Å²) in [5, 5.41) is 0. The van der Waals surface area contributed by atoms with Crippen LogP contribution >= 0.6 is 0 Å². The van der Waals surface area contributed by atoms with Gasteiger partial charge in [0.25, 0.3) is 0 Å². The molecule has 22 heavy (non-hydrogen) atoms. The van der Waals surface area contributed by atoms with E-state index < -0.39 is 10.2 Å². The first kappa shape index (κ1) is 15.6. The second-order valence-electron chi connectivity index (χ2n) is 6.56. The Bertz CT molecular complexity index is 619. The topological polar surface area (TPSA) is 58.6 Å². The van der Waals surface area contributed by atoms with E-state index in [0.29, 0.717) is 23.9 Å². The Morgan fingerprint density at radius 1 is 1.18 bits per heavy atom. The average Bonchev–Trinajstić information content (AvgIpc) is 2.47. The van der Waals surface area contributed by atoms with Crippen molar-refractivity contribution >= 4 is 15.9 Å². The van der Waals surface area contributed by atoms with Gasteiger partial charge in [-0.05, 0) is 62.3 Å². The summed E-state index contributed by atoms with van der Waals surface area (Å²) >= 11 is 0. The summed E-state index contributed by atoms with van der Waals surface area (Å²) in [6.45, 7) is 2.87. The van der Waals surface area contributed by atoms with Gasteiger partial charge in [-0.2, -0.15) is 12.7 Å². The van der Waals surface area contributed by atoms with Crippen molar-refractivity contribution in [3.63, 3.8) is 0 Å². The summed E-state index contributed by atoms with van der Waals surface area (Å²) in [5.74, 6) is 1.43. The first-order valence-corrected chi connectivity index (χ1v) is 9.34. The highest BCUT2D eigenvalue weighted by molar-refractivity contribution is 7.90. The van der Waals surface area contributed by atoms with Crippen molar-refractivity contribution in [3.8, 4) is 5.75 Å². The van der Waals surface area contributed by atoms with Gasteiger partial charge in [0, 0.05) is 12.1 Å². The average molecular weight is 324 g/mol. The molecular formula is C16H24N2O3S. The second-order valence-corrected chi connectivity index (χ2v) is 8.16. The van der Waals surface area contributed by atoms with Crippen LogP contribution in [-0.4, -0.2) is 31.9 Å². The Hall–Kier alpha value is -1.27. The lowest BCUT2D eigenvalue weighted by Gasteiger charge is -2.54. The van der Waals surface area contributed by atoms with Crippen LogP contribution in [-0.2, 0) is 10.2 Å². The summed E-state index contributed by atoms with van der Waals surface area (Å²) in [6, 6.07) is 6.97. The zero-order chi connectivity index (χ0) is 15.8. The van der Waals surface area contributed by atoms with E-state index in [-0.39, 0.29) is 5.54 Å². The number of methoxy groups -OCH3 is 1. The van der Waals surface area contributed by atoms with Crippen molar-refractivity contribution in [3.05, 3.63) is 24.3 Å². The fourth-order valence-corrected chi connectivity index (χ4v) is 5.22. The number of ether oxygens (including phenoxy) is 1. The Labute approximate surface area is 132 Å². The molecule has 6 heteroatoms. The lowest BCUT2D eigenvalue weighted by Crippen LogP contribution is -2.64. The molecule has 2 aliphatic rings. The molecular weight excluding hydrogens is 300 g/mol. The standard InChI is InChI=1S/C16H24N2O3S/c1-13-7-9-16(10-8-13)11-12-18(16)22(19,20)17-14-3-5-15(21-2)6-4-14/h3-6,13,17H,7-12H2,1-2H3. The van der Waals surface area contributed by atoms with Crippen LogP contribution in [0.5, 0.6) is 5.75 Å². The van der Waals surface area contributed by atoms with E-state index in [4.69, 9.17) is 4.74 Å². The van der Waals surface area contributed by atoms with Crippen LogP contribution in [0.3, 0.4) is 0 Å². The van der Waals surface area contributed by atoms with Gasteiger partial charge < -0.3 is 4.74 Å². The predicted octanol–water partition coefficient (Wildman–Crippen LogP) is 3.01. The largest absolute Gasteiger partial charge is 0.497 e. The Balaban J connectivity index is 1.72. The number of hydrogen-bond acceptors (Lipinski definition) is 3. The summed E-state index contributed by atoms with van der Waals surface area (Å²) in [7, 11) is -1.89. The monoisotopic (exact) mass is 324 g/mol. The zero-order valence-corrected chi connectivity index (χ0v) is 14.0. The second kappa shape index (κ2) is 5.74. The van der Waals surface area contributed by atoms with Crippen LogP contribution in [0.2, 0.25) is 0 Å². The van der Waals surface area contributed by atoms with Gasteiger partial charge in [-0.15, -0.1) is 0 Å². The maximum atomic E-state index is 12.7. The first-order chi connectivity index (χ1) is 10.5. The number of nitrogens with one attached hydrogen (secondary N) is 1. The highest BCUT2D eigenvalue weighted by atomic mass is 32.2. The molecule has 0 aromatic heterocycles. The van der Waals surface area contributed by atoms with Crippen molar-refractivity contribution in [2.45, 2.75) is 44.6 Å². The third-order valence-electron chi connectivity index (χ3n) is 5.14. The van der Waals surface area contributed by atoms with Crippen molar-refractivity contribution in [2.75, 3.05) is 18.4 Å². The third kappa shape index (κ3) is 2.82. The van der Waals surface area contributed by atoms with Gasteiger partial charge in [0.05, 0.1) is 12.8 Å². The van der Waals surface area contributed by atoms with Gasteiger partial charge in [-0.1, -0.05) is 6.92 Å². The maximum Gasteiger partial charge on any atom is 0.302 e. The van der Waals surface area contributed by atoms with Crippen molar-refractivity contribution in [1.82, 2.24) is 4.31 Å². The van der Waals surface area contributed by atoms with Crippen molar-refractivity contribution < 1.29 is 13.2 Å².